The van der Waals surface area contributed by atoms with E-state index in [0.29, 0.717) is 18.2 Å². The Hall–Kier alpha value is -2.37. The van der Waals surface area contributed by atoms with Gasteiger partial charge < -0.3 is 10.1 Å². The number of nitrogens with one attached hydrogen (secondary N) is 2. The van der Waals surface area contributed by atoms with Crippen LogP contribution in [0.15, 0.2) is 54.6 Å². The Balaban J connectivity index is 1.35. The number of thiophene rings is 1. The van der Waals surface area contributed by atoms with Gasteiger partial charge in [0.25, 0.3) is 0 Å². The molecule has 140 valence electrons. The van der Waals surface area contributed by atoms with E-state index in [1.165, 1.54) is 12.8 Å². The maximum Gasteiger partial charge on any atom is 0.417 e. The molecule has 2 N–H and O–H groups in total. The molecule has 0 radical (unpaired) electrons. The average Bonchev–Trinajstić information content (AvgIpc) is 3.43. The van der Waals surface area contributed by atoms with E-state index < -0.39 is 6.09 Å². The molecule has 1 unspecified atom stereocenters. The van der Waals surface area contributed by atoms with E-state index in [9.17, 15) is 4.79 Å². The minimum atomic E-state index is -0.458. The maximum absolute atomic E-state index is 12.3. The fourth-order valence-corrected chi connectivity index (χ4v) is 4.23. The van der Waals surface area contributed by atoms with E-state index in [0.717, 1.165) is 33.1 Å². The van der Waals surface area contributed by atoms with Crippen LogP contribution in [-0.4, -0.2) is 12.6 Å². The second kappa shape index (κ2) is 8.11. The molecule has 1 aliphatic rings. The van der Waals surface area contributed by atoms with Crippen molar-refractivity contribution >= 4 is 32.5 Å². The molecule has 3 aromatic rings. The van der Waals surface area contributed by atoms with E-state index in [1.807, 2.05) is 54.6 Å². The Morgan fingerprint density at radius 2 is 1.96 bits per heavy atom. The lowest BCUT2D eigenvalue weighted by molar-refractivity contribution is 0.214. The van der Waals surface area contributed by atoms with Crippen molar-refractivity contribution < 1.29 is 9.53 Å². The third kappa shape index (κ3) is 4.67. The van der Waals surface area contributed by atoms with E-state index in [2.05, 4.69) is 17.6 Å². The monoisotopic (exact) mass is 380 g/mol. The van der Waals surface area contributed by atoms with Crippen molar-refractivity contribution in [2.45, 2.75) is 26.3 Å². The maximum atomic E-state index is 12.3. The smallest absolute Gasteiger partial charge is 0.410 e. The van der Waals surface area contributed by atoms with Crippen LogP contribution in [-0.2, 0) is 6.54 Å². The summed E-state index contributed by atoms with van der Waals surface area (Å²) < 4.78 is 6.72. The number of carbonyl (C=O) groups is 1. The Labute approximate surface area is 163 Å². The quantitative estimate of drug-likeness (QED) is 0.557. The summed E-state index contributed by atoms with van der Waals surface area (Å²) in [7, 11) is 0. The second-order valence-corrected chi connectivity index (χ2v) is 8.30. The molecular weight excluding hydrogens is 356 g/mol. The number of fused-ring (bicyclic) bond motifs is 1. The molecule has 0 bridgehead atoms. The highest BCUT2D eigenvalue weighted by molar-refractivity contribution is 7.22. The van der Waals surface area contributed by atoms with Gasteiger partial charge in [0.15, 0.2) is 0 Å². The predicted octanol–water partition coefficient (Wildman–Crippen LogP) is 5.65. The molecule has 1 fully saturated rings. The Morgan fingerprint density at radius 1 is 1.19 bits per heavy atom. The van der Waals surface area contributed by atoms with Gasteiger partial charge in [-0.05, 0) is 54.8 Å². The molecule has 0 spiro atoms. The largest absolute Gasteiger partial charge is 0.417 e. The average molecular weight is 381 g/mol. The third-order valence-corrected chi connectivity index (χ3v) is 6.07. The minimum Gasteiger partial charge on any atom is -0.410 e. The molecule has 4 nitrogen and oxygen atoms in total. The molecule has 1 saturated carbocycles. The molecule has 2 aromatic carbocycles. The lowest BCUT2D eigenvalue weighted by atomic mass is 10.1. The number of carbonyl (C=O) groups excluding carboxylic acids is 1. The first kappa shape index (κ1) is 18.0. The van der Waals surface area contributed by atoms with Gasteiger partial charge in [0.2, 0.25) is 0 Å². The van der Waals surface area contributed by atoms with Crippen LogP contribution in [0.4, 0.5) is 9.80 Å². The van der Waals surface area contributed by atoms with Crippen molar-refractivity contribution in [2.24, 2.45) is 11.8 Å². The minimum absolute atomic E-state index is 0.458. The number of para-hydroxylation sites is 1. The van der Waals surface area contributed by atoms with Gasteiger partial charge in [-0.2, -0.15) is 0 Å². The fraction of sp³-hybridized carbons (Fsp3) is 0.318. The van der Waals surface area contributed by atoms with Crippen molar-refractivity contribution in [3.05, 3.63) is 60.2 Å². The fourth-order valence-electron chi connectivity index (χ4n) is 3.29. The summed E-state index contributed by atoms with van der Waals surface area (Å²) >= 11 is 1.54. The number of rotatable bonds is 7. The lowest BCUT2D eigenvalue weighted by Gasteiger charge is -2.14. The van der Waals surface area contributed by atoms with Gasteiger partial charge in [-0.25, -0.2) is 4.79 Å². The Morgan fingerprint density at radius 3 is 2.78 bits per heavy atom. The van der Waals surface area contributed by atoms with Crippen LogP contribution in [0.5, 0.6) is 5.75 Å². The van der Waals surface area contributed by atoms with Gasteiger partial charge in [-0.3, -0.25) is 5.32 Å². The number of ether oxygens (including phenoxy) is 1. The van der Waals surface area contributed by atoms with Crippen molar-refractivity contribution in [2.75, 3.05) is 11.9 Å². The molecule has 1 atom stereocenters. The number of anilines is 1. The van der Waals surface area contributed by atoms with E-state index in [-0.39, 0.29) is 0 Å². The summed E-state index contributed by atoms with van der Waals surface area (Å²) in [4.78, 5) is 12.3. The Kier molecular flexibility index (Phi) is 5.41. The molecule has 1 amide bonds. The molecule has 1 heterocycles. The zero-order chi connectivity index (χ0) is 18.6. The Bertz CT molecular complexity index is 900. The first-order valence-corrected chi connectivity index (χ1v) is 10.3. The predicted molar refractivity (Wildman–Crippen MR) is 112 cm³/mol. The molecular formula is C22H24N2O2S. The van der Waals surface area contributed by atoms with Crippen LogP contribution in [0.1, 0.15) is 25.3 Å². The lowest BCUT2D eigenvalue weighted by Crippen LogP contribution is -2.23. The SMILES string of the molecule is CC(CNCc1ccccc1OC(=O)Nc1cc2ccccc2s1)C1CC1. The molecule has 0 saturated heterocycles. The molecule has 1 aliphatic carbocycles. The van der Waals surface area contributed by atoms with Crippen LogP contribution in [0.3, 0.4) is 0 Å². The number of hydrogen-bond donors (Lipinski definition) is 2. The first-order chi connectivity index (χ1) is 13.2. The standard InChI is InChI=1S/C22H24N2O2S/c1-15(16-10-11-16)13-23-14-18-7-2-4-8-19(18)26-22(25)24-21-12-17-6-3-5-9-20(17)27-21/h2-9,12,15-16,23H,10-11,13-14H2,1H3,(H,24,25). The second-order valence-electron chi connectivity index (χ2n) is 7.22. The van der Waals surface area contributed by atoms with Gasteiger partial charge in [-0.15, -0.1) is 11.3 Å². The van der Waals surface area contributed by atoms with E-state index >= 15 is 0 Å². The summed E-state index contributed by atoms with van der Waals surface area (Å²) in [5.41, 5.74) is 0.993. The third-order valence-electron chi connectivity index (χ3n) is 5.03. The highest BCUT2D eigenvalue weighted by atomic mass is 32.1. The molecule has 1 aromatic heterocycles. The van der Waals surface area contributed by atoms with Gasteiger partial charge >= 0.3 is 6.09 Å². The van der Waals surface area contributed by atoms with Crippen LogP contribution in [0, 0.1) is 11.8 Å². The normalized spacial score (nSPS) is 14.9. The van der Waals surface area contributed by atoms with Crippen molar-refractivity contribution in [3.63, 3.8) is 0 Å². The number of amides is 1. The zero-order valence-electron chi connectivity index (χ0n) is 15.4. The highest BCUT2D eigenvalue weighted by Gasteiger charge is 2.27. The van der Waals surface area contributed by atoms with Gasteiger partial charge in [-0.1, -0.05) is 43.3 Å². The van der Waals surface area contributed by atoms with Gasteiger partial charge in [0.05, 0.1) is 5.00 Å². The van der Waals surface area contributed by atoms with E-state index in [1.54, 1.807) is 11.3 Å². The van der Waals surface area contributed by atoms with Crippen molar-refractivity contribution in [3.8, 4) is 5.75 Å². The van der Waals surface area contributed by atoms with Crippen LogP contribution in [0.25, 0.3) is 10.1 Å². The van der Waals surface area contributed by atoms with E-state index in [4.69, 9.17) is 4.74 Å². The number of benzene rings is 2. The van der Waals surface area contributed by atoms with Gasteiger partial charge in [0.1, 0.15) is 5.75 Å². The van der Waals surface area contributed by atoms with Crippen LogP contribution >= 0.6 is 11.3 Å². The summed E-state index contributed by atoms with van der Waals surface area (Å²) in [6.07, 6.45) is 2.27. The van der Waals surface area contributed by atoms with Crippen molar-refractivity contribution in [1.82, 2.24) is 5.32 Å². The van der Waals surface area contributed by atoms with Gasteiger partial charge in [0, 0.05) is 16.8 Å². The highest BCUT2D eigenvalue weighted by Crippen LogP contribution is 2.36. The number of hydrogen-bond acceptors (Lipinski definition) is 4. The molecule has 27 heavy (non-hydrogen) atoms. The summed E-state index contributed by atoms with van der Waals surface area (Å²) in [5, 5.41) is 8.24. The molecule has 4 rings (SSSR count). The first-order valence-electron chi connectivity index (χ1n) is 9.45. The van der Waals surface area contributed by atoms with Crippen molar-refractivity contribution in [1.29, 1.82) is 0 Å². The topological polar surface area (TPSA) is 50.4 Å². The summed E-state index contributed by atoms with van der Waals surface area (Å²) in [6.45, 7) is 3.99. The van der Waals surface area contributed by atoms with Crippen LogP contribution in [0.2, 0.25) is 0 Å². The summed E-state index contributed by atoms with van der Waals surface area (Å²) in [5.74, 6) is 2.19. The zero-order valence-corrected chi connectivity index (χ0v) is 16.2. The molecule has 5 heteroatoms. The molecule has 0 aliphatic heterocycles. The van der Waals surface area contributed by atoms with Crippen LogP contribution < -0.4 is 15.4 Å². The summed E-state index contributed by atoms with van der Waals surface area (Å²) in [6, 6.07) is 17.7.